The summed E-state index contributed by atoms with van der Waals surface area (Å²) in [7, 11) is 0. The van der Waals surface area contributed by atoms with Crippen molar-refractivity contribution in [3.8, 4) is 0 Å². The Morgan fingerprint density at radius 2 is 2.00 bits per heavy atom. The Morgan fingerprint density at radius 1 is 1.24 bits per heavy atom. The molecule has 8 heteroatoms. The van der Waals surface area contributed by atoms with E-state index in [-0.39, 0.29) is 12.5 Å². The quantitative estimate of drug-likeness (QED) is 0.835. The number of halogens is 2. The van der Waals surface area contributed by atoms with E-state index in [2.05, 4.69) is 15.3 Å². The van der Waals surface area contributed by atoms with E-state index in [9.17, 15) is 4.79 Å². The van der Waals surface area contributed by atoms with Gasteiger partial charge in [0, 0.05) is 19.6 Å². The molecular weight excluding hydrogens is 363 g/mol. The minimum absolute atomic E-state index is 0.0443. The minimum atomic E-state index is -0.0443. The lowest BCUT2D eigenvalue weighted by Gasteiger charge is -2.30. The van der Waals surface area contributed by atoms with Gasteiger partial charge < -0.3 is 10.4 Å². The summed E-state index contributed by atoms with van der Waals surface area (Å²) in [6.45, 7) is 2.99. The summed E-state index contributed by atoms with van der Waals surface area (Å²) in [5.41, 5.74) is 0.852. The fourth-order valence-corrected chi connectivity index (χ4v) is 3.40. The monoisotopic (exact) mass is 384 g/mol. The van der Waals surface area contributed by atoms with E-state index in [4.69, 9.17) is 28.3 Å². The number of aliphatic hydroxyl groups is 1. The van der Waals surface area contributed by atoms with Crippen molar-refractivity contribution < 1.29 is 9.90 Å². The Labute approximate surface area is 157 Å². The van der Waals surface area contributed by atoms with Gasteiger partial charge in [0.2, 0.25) is 5.91 Å². The minimum Gasteiger partial charge on any atom is -0.396 e. The van der Waals surface area contributed by atoms with Gasteiger partial charge in [0.15, 0.2) is 0 Å². The van der Waals surface area contributed by atoms with Crippen LogP contribution in [0.25, 0.3) is 0 Å². The summed E-state index contributed by atoms with van der Waals surface area (Å²) >= 11 is 12.0. The van der Waals surface area contributed by atoms with Gasteiger partial charge in [0.05, 0.1) is 22.3 Å². The van der Waals surface area contributed by atoms with E-state index in [0.717, 1.165) is 31.6 Å². The van der Waals surface area contributed by atoms with Crippen molar-refractivity contribution in [1.29, 1.82) is 0 Å². The highest BCUT2D eigenvalue weighted by Gasteiger charge is 2.22. The first-order valence-corrected chi connectivity index (χ1v) is 9.24. The molecule has 0 atom stereocenters. The Bertz CT molecular complexity index is 660. The van der Waals surface area contributed by atoms with Crippen molar-refractivity contribution in [3.63, 3.8) is 0 Å². The number of likely N-dealkylation sites (tertiary alicyclic amines) is 1. The van der Waals surface area contributed by atoms with Gasteiger partial charge in [0.25, 0.3) is 0 Å². The van der Waals surface area contributed by atoms with Crippen LogP contribution in [0, 0.1) is 5.92 Å². The Kier molecular flexibility index (Phi) is 6.17. The number of carbonyl (C=O) groups is 1. The third-order valence-electron chi connectivity index (χ3n) is 4.62. The fraction of sp³-hybridized carbons (Fsp3) is 0.529. The lowest BCUT2D eigenvalue weighted by atomic mass is 9.98. The molecular formula is C17H22Cl2N4O2. The summed E-state index contributed by atoms with van der Waals surface area (Å²) in [6.07, 6.45) is 2.56. The number of carbonyl (C=O) groups excluding carboxylic acids is 1. The number of nitrogens with one attached hydrogen (secondary N) is 1. The molecule has 0 spiro atoms. The third-order valence-corrected chi connectivity index (χ3v) is 5.36. The fourth-order valence-electron chi connectivity index (χ4n) is 3.11. The second-order valence-electron chi connectivity index (χ2n) is 6.47. The molecule has 2 aliphatic rings. The molecule has 0 radical (unpaired) electrons. The van der Waals surface area contributed by atoms with Crippen LogP contribution in [0.3, 0.4) is 0 Å². The number of amidine groups is 1. The molecule has 1 saturated heterocycles. The van der Waals surface area contributed by atoms with Crippen LogP contribution in [0.15, 0.2) is 23.3 Å². The van der Waals surface area contributed by atoms with Crippen molar-refractivity contribution >= 4 is 40.6 Å². The molecule has 3 rings (SSSR count). The van der Waals surface area contributed by atoms with Crippen LogP contribution in [0.4, 0.5) is 5.69 Å². The summed E-state index contributed by atoms with van der Waals surface area (Å²) in [6, 6.07) is 5.36. The smallest absolute Gasteiger partial charge is 0.239 e. The van der Waals surface area contributed by atoms with Crippen molar-refractivity contribution in [2.75, 3.05) is 37.8 Å². The van der Waals surface area contributed by atoms with Crippen LogP contribution in [0.1, 0.15) is 19.3 Å². The molecule has 2 N–H and O–H groups in total. The number of hydrogen-bond acceptors (Lipinski definition) is 5. The second-order valence-corrected chi connectivity index (χ2v) is 7.28. The maximum absolute atomic E-state index is 12.2. The zero-order valence-electron chi connectivity index (χ0n) is 13.9. The molecule has 1 aromatic carbocycles. The van der Waals surface area contributed by atoms with Crippen LogP contribution in [-0.2, 0) is 4.79 Å². The van der Waals surface area contributed by atoms with Gasteiger partial charge in [-0.3, -0.25) is 14.7 Å². The van der Waals surface area contributed by atoms with E-state index >= 15 is 0 Å². The van der Waals surface area contributed by atoms with E-state index < -0.39 is 0 Å². The maximum Gasteiger partial charge on any atom is 0.239 e. The number of nitrogens with zero attached hydrogens (tertiary/aromatic N) is 3. The molecule has 1 fully saturated rings. The van der Waals surface area contributed by atoms with E-state index in [1.54, 1.807) is 12.1 Å². The number of hydrazone groups is 1. The van der Waals surface area contributed by atoms with Crippen molar-refractivity contribution in [2.45, 2.75) is 19.3 Å². The van der Waals surface area contributed by atoms with Gasteiger partial charge >= 0.3 is 0 Å². The molecule has 136 valence electrons. The predicted molar refractivity (Wildman–Crippen MR) is 100 cm³/mol. The summed E-state index contributed by atoms with van der Waals surface area (Å²) in [5.74, 6) is 0.997. The average Bonchev–Trinajstić information content (AvgIpc) is 3.06. The Balaban J connectivity index is 1.51. The number of piperidine rings is 1. The first kappa shape index (κ1) is 18.5. The molecule has 2 heterocycles. The average molecular weight is 385 g/mol. The van der Waals surface area contributed by atoms with Crippen molar-refractivity contribution in [1.82, 2.24) is 10.2 Å². The molecule has 0 saturated carbocycles. The molecule has 1 aromatic rings. The lowest BCUT2D eigenvalue weighted by molar-refractivity contribution is -0.121. The maximum atomic E-state index is 12.2. The molecule has 0 aromatic heterocycles. The molecule has 2 aliphatic heterocycles. The number of rotatable bonds is 4. The Hall–Kier alpha value is -1.34. The number of anilines is 1. The molecule has 0 aliphatic carbocycles. The summed E-state index contributed by atoms with van der Waals surface area (Å²) in [5, 5.41) is 19.3. The van der Waals surface area contributed by atoms with Gasteiger partial charge in [-0.2, -0.15) is 5.10 Å². The van der Waals surface area contributed by atoms with Crippen molar-refractivity contribution in [2.24, 2.45) is 11.0 Å². The largest absolute Gasteiger partial charge is 0.396 e. The SMILES string of the molecule is O=C(CN1CCC(CO)CC1)NC1=NN(c2ccc(Cl)c(Cl)c2)CC1. The van der Waals surface area contributed by atoms with Gasteiger partial charge in [-0.1, -0.05) is 23.2 Å². The normalized spacial score (nSPS) is 19.2. The zero-order valence-corrected chi connectivity index (χ0v) is 15.4. The van der Waals surface area contributed by atoms with E-state index in [0.29, 0.717) is 41.3 Å². The van der Waals surface area contributed by atoms with Crippen LogP contribution in [0.5, 0.6) is 0 Å². The molecule has 1 amide bonds. The van der Waals surface area contributed by atoms with E-state index in [1.807, 2.05) is 11.1 Å². The van der Waals surface area contributed by atoms with Gasteiger partial charge in [-0.15, -0.1) is 0 Å². The first-order chi connectivity index (χ1) is 12.0. The molecule has 6 nitrogen and oxygen atoms in total. The third kappa shape index (κ3) is 4.85. The standard InChI is InChI=1S/C17H22Cl2N4O2/c18-14-2-1-13(9-15(14)19)23-8-5-16(21-23)20-17(25)10-22-6-3-12(11-24)4-7-22/h1-2,9,12,24H,3-8,10-11H2,(H,20,21,25). The predicted octanol–water partition coefficient (Wildman–Crippen LogP) is 2.34. The van der Waals surface area contributed by atoms with Crippen LogP contribution >= 0.6 is 23.2 Å². The van der Waals surface area contributed by atoms with Crippen molar-refractivity contribution in [3.05, 3.63) is 28.2 Å². The van der Waals surface area contributed by atoms with Gasteiger partial charge in [-0.25, -0.2) is 0 Å². The van der Waals surface area contributed by atoms with Crippen LogP contribution < -0.4 is 10.3 Å². The summed E-state index contributed by atoms with van der Waals surface area (Å²) in [4.78, 5) is 14.3. The highest BCUT2D eigenvalue weighted by Crippen LogP contribution is 2.28. The zero-order chi connectivity index (χ0) is 17.8. The highest BCUT2D eigenvalue weighted by molar-refractivity contribution is 6.42. The first-order valence-electron chi connectivity index (χ1n) is 8.48. The Morgan fingerprint density at radius 3 is 2.68 bits per heavy atom. The van der Waals surface area contributed by atoms with Crippen LogP contribution in [0.2, 0.25) is 10.0 Å². The molecule has 0 bridgehead atoms. The number of hydrogen-bond donors (Lipinski definition) is 2. The molecule has 0 unspecified atom stereocenters. The second kappa shape index (κ2) is 8.36. The number of aliphatic hydroxyl groups excluding tert-OH is 1. The topological polar surface area (TPSA) is 68.2 Å². The lowest BCUT2D eigenvalue weighted by Crippen LogP contribution is -2.43. The number of benzene rings is 1. The highest BCUT2D eigenvalue weighted by atomic mass is 35.5. The van der Waals surface area contributed by atoms with Gasteiger partial charge in [0.1, 0.15) is 5.84 Å². The number of amides is 1. The van der Waals surface area contributed by atoms with E-state index in [1.165, 1.54) is 0 Å². The summed E-state index contributed by atoms with van der Waals surface area (Å²) < 4.78 is 0. The van der Waals surface area contributed by atoms with Crippen LogP contribution in [-0.4, -0.2) is 54.5 Å². The van der Waals surface area contributed by atoms with Gasteiger partial charge in [-0.05, 0) is 50.0 Å². The molecule has 25 heavy (non-hydrogen) atoms.